The summed E-state index contributed by atoms with van der Waals surface area (Å²) in [4.78, 5) is 23.1. The molecule has 1 aromatic carbocycles. The molecule has 1 aromatic rings. The molecule has 4 N–H and O–H groups in total. The lowest BCUT2D eigenvalue weighted by molar-refractivity contribution is -0.121. The standard InChI is InChI=1S/C15H23N3O3.ClH/c1-3-9-17-14(19)5-4-6-15(20)18-11-7-8-13(21-2)12(16)10-11;/h7-8,10H,3-6,9,16H2,1-2H3,(H,17,19)(H,18,20);1H. The number of benzene rings is 1. The first-order chi connectivity index (χ1) is 10.1. The number of rotatable bonds is 8. The lowest BCUT2D eigenvalue weighted by atomic mass is 10.2. The Kier molecular flexibility index (Phi) is 9.78. The first-order valence-electron chi connectivity index (χ1n) is 7.07. The highest BCUT2D eigenvalue weighted by atomic mass is 35.5. The van der Waals surface area contributed by atoms with Crippen LogP contribution in [0.5, 0.6) is 5.75 Å². The number of nitrogen functional groups attached to an aromatic ring is 1. The van der Waals surface area contributed by atoms with Crippen LogP contribution in [0.3, 0.4) is 0 Å². The summed E-state index contributed by atoms with van der Waals surface area (Å²) in [6.45, 7) is 2.67. The molecule has 1 rings (SSSR count). The number of nitrogens with one attached hydrogen (secondary N) is 2. The van der Waals surface area contributed by atoms with Crippen LogP contribution in [0.25, 0.3) is 0 Å². The molecule has 0 saturated carbocycles. The highest BCUT2D eigenvalue weighted by molar-refractivity contribution is 5.91. The van der Waals surface area contributed by atoms with E-state index in [1.165, 1.54) is 7.11 Å². The summed E-state index contributed by atoms with van der Waals surface area (Å²) in [5.41, 5.74) is 6.85. The molecule has 0 bridgehead atoms. The monoisotopic (exact) mass is 329 g/mol. The van der Waals surface area contributed by atoms with E-state index in [-0.39, 0.29) is 24.2 Å². The number of anilines is 2. The van der Waals surface area contributed by atoms with E-state index in [2.05, 4.69) is 10.6 Å². The Morgan fingerprint density at radius 3 is 2.50 bits per heavy atom. The molecule has 0 spiro atoms. The van der Waals surface area contributed by atoms with Crippen LogP contribution in [0.2, 0.25) is 0 Å². The molecule has 0 fully saturated rings. The van der Waals surface area contributed by atoms with Gasteiger partial charge >= 0.3 is 0 Å². The molecule has 0 aromatic heterocycles. The van der Waals surface area contributed by atoms with E-state index in [9.17, 15) is 9.59 Å². The van der Waals surface area contributed by atoms with Gasteiger partial charge in [0.05, 0.1) is 12.8 Å². The molecule has 22 heavy (non-hydrogen) atoms. The van der Waals surface area contributed by atoms with Gasteiger partial charge < -0.3 is 21.1 Å². The summed E-state index contributed by atoms with van der Waals surface area (Å²) < 4.78 is 5.05. The van der Waals surface area contributed by atoms with Gasteiger partial charge in [0.2, 0.25) is 11.8 Å². The van der Waals surface area contributed by atoms with Gasteiger partial charge in [0.15, 0.2) is 0 Å². The maximum absolute atomic E-state index is 11.8. The summed E-state index contributed by atoms with van der Waals surface area (Å²) in [5.74, 6) is 0.418. The van der Waals surface area contributed by atoms with Gasteiger partial charge in [0.25, 0.3) is 0 Å². The van der Waals surface area contributed by atoms with Crippen LogP contribution >= 0.6 is 12.4 Å². The molecule has 0 unspecified atom stereocenters. The Morgan fingerprint density at radius 1 is 1.23 bits per heavy atom. The van der Waals surface area contributed by atoms with Crippen molar-refractivity contribution in [1.82, 2.24) is 5.32 Å². The van der Waals surface area contributed by atoms with Crippen molar-refractivity contribution in [2.45, 2.75) is 32.6 Å². The topological polar surface area (TPSA) is 93.5 Å². The quantitative estimate of drug-likeness (QED) is 0.638. The van der Waals surface area contributed by atoms with Crippen LogP contribution in [0.4, 0.5) is 11.4 Å². The molecule has 0 aliphatic carbocycles. The molecule has 0 heterocycles. The minimum absolute atomic E-state index is 0. The number of nitrogens with two attached hydrogens (primary N) is 1. The minimum Gasteiger partial charge on any atom is -0.495 e. The molecule has 0 aliphatic heterocycles. The van der Waals surface area contributed by atoms with Gasteiger partial charge in [-0.2, -0.15) is 0 Å². The number of carbonyl (C=O) groups excluding carboxylic acids is 2. The van der Waals surface area contributed by atoms with Gasteiger partial charge in [-0.15, -0.1) is 12.4 Å². The van der Waals surface area contributed by atoms with Gasteiger partial charge in [0.1, 0.15) is 5.75 Å². The van der Waals surface area contributed by atoms with Crippen molar-refractivity contribution in [3.05, 3.63) is 18.2 Å². The van der Waals surface area contributed by atoms with Crippen molar-refractivity contribution in [1.29, 1.82) is 0 Å². The molecule has 0 radical (unpaired) electrons. The van der Waals surface area contributed by atoms with Crippen LogP contribution in [0.1, 0.15) is 32.6 Å². The Balaban J connectivity index is 0.00000441. The number of hydrogen-bond donors (Lipinski definition) is 3. The first-order valence-corrected chi connectivity index (χ1v) is 7.07. The molecular formula is C15H24ClN3O3. The summed E-state index contributed by atoms with van der Waals surface area (Å²) >= 11 is 0. The first kappa shape index (κ1) is 20.1. The van der Waals surface area contributed by atoms with E-state index in [0.29, 0.717) is 42.9 Å². The Labute approximate surface area is 137 Å². The zero-order valence-electron chi connectivity index (χ0n) is 13.0. The molecule has 124 valence electrons. The van der Waals surface area contributed by atoms with Gasteiger partial charge in [-0.1, -0.05) is 6.92 Å². The van der Waals surface area contributed by atoms with E-state index in [0.717, 1.165) is 6.42 Å². The van der Waals surface area contributed by atoms with Crippen molar-refractivity contribution in [2.24, 2.45) is 0 Å². The normalized spacial score (nSPS) is 9.55. The van der Waals surface area contributed by atoms with Crippen molar-refractivity contribution < 1.29 is 14.3 Å². The third-order valence-corrected chi connectivity index (χ3v) is 2.89. The summed E-state index contributed by atoms with van der Waals surface area (Å²) in [7, 11) is 1.54. The maximum atomic E-state index is 11.8. The number of carbonyl (C=O) groups is 2. The lowest BCUT2D eigenvalue weighted by Gasteiger charge is -2.09. The second-order valence-corrected chi connectivity index (χ2v) is 4.71. The predicted octanol–water partition coefficient (Wildman–Crippen LogP) is 2.33. The molecule has 0 atom stereocenters. The fourth-order valence-electron chi connectivity index (χ4n) is 1.80. The van der Waals surface area contributed by atoms with Crippen LogP contribution in [0.15, 0.2) is 18.2 Å². The second kappa shape index (κ2) is 10.7. The number of hydrogen-bond acceptors (Lipinski definition) is 4. The molecule has 0 aliphatic rings. The lowest BCUT2D eigenvalue weighted by Crippen LogP contribution is -2.24. The van der Waals surface area contributed by atoms with Crippen LogP contribution < -0.4 is 21.1 Å². The summed E-state index contributed by atoms with van der Waals surface area (Å²) in [6.07, 6.45) is 2.09. The average molecular weight is 330 g/mol. The molecule has 0 saturated heterocycles. The zero-order chi connectivity index (χ0) is 15.7. The van der Waals surface area contributed by atoms with E-state index in [4.69, 9.17) is 10.5 Å². The van der Waals surface area contributed by atoms with Crippen molar-refractivity contribution in [2.75, 3.05) is 24.7 Å². The Morgan fingerprint density at radius 2 is 1.91 bits per heavy atom. The summed E-state index contributed by atoms with van der Waals surface area (Å²) in [6, 6.07) is 5.06. The maximum Gasteiger partial charge on any atom is 0.224 e. The molecular weight excluding hydrogens is 306 g/mol. The average Bonchev–Trinajstić information content (AvgIpc) is 2.45. The fourth-order valence-corrected chi connectivity index (χ4v) is 1.80. The highest BCUT2D eigenvalue weighted by Gasteiger charge is 2.07. The molecule has 7 heteroatoms. The van der Waals surface area contributed by atoms with Crippen molar-refractivity contribution in [3.63, 3.8) is 0 Å². The second-order valence-electron chi connectivity index (χ2n) is 4.71. The summed E-state index contributed by atoms with van der Waals surface area (Å²) in [5, 5.41) is 5.52. The molecule has 2 amide bonds. The zero-order valence-corrected chi connectivity index (χ0v) is 13.8. The number of methoxy groups -OCH3 is 1. The van der Waals surface area contributed by atoms with Gasteiger partial charge in [-0.3, -0.25) is 9.59 Å². The molecule has 6 nitrogen and oxygen atoms in total. The van der Waals surface area contributed by atoms with Crippen LogP contribution in [-0.2, 0) is 9.59 Å². The van der Waals surface area contributed by atoms with Gasteiger partial charge in [-0.25, -0.2) is 0 Å². The SMILES string of the molecule is CCCNC(=O)CCCC(=O)Nc1ccc(OC)c(N)c1.Cl. The van der Waals surface area contributed by atoms with E-state index < -0.39 is 0 Å². The van der Waals surface area contributed by atoms with Gasteiger partial charge in [-0.05, 0) is 31.0 Å². The predicted molar refractivity (Wildman–Crippen MR) is 90.4 cm³/mol. The third kappa shape index (κ3) is 7.17. The third-order valence-electron chi connectivity index (χ3n) is 2.89. The number of halogens is 1. The Bertz CT molecular complexity index is 495. The van der Waals surface area contributed by atoms with E-state index >= 15 is 0 Å². The largest absolute Gasteiger partial charge is 0.495 e. The Hall–Kier alpha value is -1.95. The van der Waals surface area contributed by atoms with Crippen LogP contribution in [0, 0.1) is 0 Å². The highest BCUT2D eigenvalue weighted by Crippen LogP contribution is 2.24. The van der Waals surface area contributed by atoms with E-state index in [1.807, 2.05) is 6.92 Å². The van der Waals surface area contributed by atoms with Gasteiger partial charge in [0, 0.05) is 25.1 Å². The number of ether oxygens (including phenoxy) is 1. The smallest absolute Gasteiger partial charge is 0.224 e. The minimum atomic E-state index is -0.136. The van der Waals surface area contributed by atoms with Crippen molar-refractivity contribution >= 4 is 35.6 Å². The number of amides is 2. The van der Waals surface area contributed by atoms with Crippen LogP contribution in [-0.4, -0.2) is 25.5 Å². The van der Waals surface area contributed by atoms with E-state index in [1.54, 1.807) is 18.2 Å². The fraction of sp³-hybridized carbons (Fsp3) is 0.467. The van der Waals surface area contributed by atoms with Crippen molar-refractivity contribution in [3.8, 4) is 5.75 Å².